The van der Waals surface area contributed by atoms with E-state index in [9.17, 15) is 4.79 Å². The van der Waals surface area contributed by atoms with Crippen molar-refractivity contribution in [2.45, 2.75) is 0 Å². The second-order valence-electron chi connectivity index (χ2n) is 2.25. The van der Waals surface area contributed by atoms with Crippen LogP contribution in [-0.2, 0) is 4.79 Å². The molecule has 1 N–H and O–H groups in total. The van der Waals surface area contributed by atoms with Crippen LogP contribution in [-0.4, -0.2) is 23.8 Å². The van der Waals surface area contributed by atoms with E-state index in [0.717, 1.165) is 11.6 Å². The van der Waals surface area contributed by atoms with Crippen molar-refractivity contribution in [1.29, 1.82) is 0 Å². The van der Waals surface area contributed by atoms with Gasteiger partial charge in [-0.1, -0.05) is 12.2 Å². The lowest BCUT2D eigenvalue weighted by molar-refractivity contribution is -0.131. The highest BCUT2D eigenvalue weighted by Crippen LogP contribution is 2.00. The summed E-state index contributed by atoms with van der Waals surface area (Å²) in [7, 11) is 0. The van der Waals surface area contributed by atoms with Crippen LogP contribution in [0.1, 0.15) is 0 Å². The van der Waals surface area contributed by atoms with Gasteiger partial charge in [-0.15, -0.1) is 0 Å². The summed E-state index contributed by atoms with van der Waals surface area (Å²) in [5.74, 6) is -0.939. The highest BCUT2D eigenvalue weighted by atomic mass is 16.4. The van der Waals surface area contributed by atoms with Crippen LogP contribution in [0, 0.1) is 0 Å². The maximum Gasteiger partial charge on any atom is 0.328 e. The van der Waals surface area contributed by atoms with Crippen LogP contribution in [0.2, 0.25) is 0 Å². The minimum absolute atomic E-state index is 0.654. The number of nitrogens with zero attached hydrogens (tertiary/aromatic N) is 1. The number of hydrogen-bond donors (Lipinski definition) is 1. The zero-order valence-corrected chi connectivity index (χ0v) is 6.47. The van der Waals surface area contributed by atoms with Gasteiger partial charge in [0.15, 0.2) is 0 Å². The van der Waals surface area contributed by atoms with Crippen molar-refractivity contribution >= 4 is 12.2 Å². The SMILES string of the molecule is O=C(O)/C=C/C1=CC=NCC=C1. The van der Waals surface area contributed by atoms with Gasteiger partial charge in [-0.3, -0.25) is 4.99 Å². The highest BCUT2D eigenvalue weighted by Gasteiger charge is 1.89. The van der Waals surface area contributed by atoms with E-state index in [-0.39, 0.29) is 0 Å². The van der Waals surface area contributed by atoms with E-state index in [1.807, 2.05) is 12.2 Å². The molecular weight excluding hydrogens is 154 g/mol. The van der Waals surface area contributed by atoms with Gasteiger partial charge in [0.2, 0.25) is 0 Å². The zero-order valence-electron chi connectivity index (χ0n) is 6.47. The van der Waals surface area contributed by atoms with Crippen LogP contribution in [0.4, 0.5) is 0 Å². The number of aliphatic imine (C=N–C) groups is 1. The highest BCUT2D eigenvalue weighted by molar-refractivity contribution is 5.81. The van der Waals surface area contributed by atoms with Crippen LogP contribution in [0.3, 0.4) is 0 Å². The molecule has 1 heterocycles. The zero-order chi connectivity index (χ0) is 8.81. The molecule has 12 heavy (non-hydrogen) atoms. The molecule has 0 spiro atoms. The Morgan fingerprint density at radius 1 is 1.67 bits per heavy atom. The third-order valence-electron chi connectivity index (χ3n) is 1.31. The normalized spacial score (nSPS) is 16.2. The van der Waals surface area contributed by atoms with Gasteiger partial charge in [0, 0.05) is 12.3 Å². The Bertz CT molecular complexity index is 285. The van der Waals surface area contributed by atoms with E-state index in [0.29, 0.717) is 6.54 Å². The summed E-state index contributed by atoms with van der Waals surface area (Å²) in [5, 5.41) is 8.34. The van der Waals surface area contributed by atoms with Gasteiger partial charge in [-0.2, -0.15) is 0 Å². The number of carbonyl (C=O) groups is 1. The molecule has 0 unspecified atom stereocenters. The smallest absolute Gasteiger partial charge is 0.328 e. The third kappa shape index (κ3) is 2.96. The molecule has 1 aliphatic heterocycles. The molecule has 0 aliphatic carbocycles. The predicted molar refractivity (Wildman–Crippen MR) is 47.4 cm³/mol. The van der Waals surface area contributed by atoms with Gasteiger partial charge < -0.3 is 5.11 Å². The van der Waals surface area contributed by atoms with Crippen molar-refractivity contribution in [2.24, 2.45) is 4.99 Å². The second-order valence-corrected chi connectivity index (χ2v) is 2.25. The summed E-state index contributed by atoms with van der Waals surface area (Å²) in [6, 6.07) is 0. The average molecular weight is 163 g/mol. The van der Waals surface area contributed by atoms with Crippen molar-refractivity contribution in [3.05, 3.63) is 36.0 Å². The van der Waals surface area contributed by atoms with E-state index in [4.69, 9.17) is 5.11 Å². The molecule has 0 atom stereocenters. The first-order valence-corrected chi connectivity index (χ1v) is 3.57. The summed E-state index contributed by atoms with van der Waals surface area (Å²) < 4.78 is 0. The number of aliphatic carboxylic acids is 1. The van der Waals surface area contributed by atoms with Gasteiger partial charge in [-0.25, -0.2) is 4.79 Å². The maximum absolute atomic E-state index is 10.2. The molecule has 0 aromatic heterocycles. The summed E-state index contributed by atoms with van der Waals surface area (Å²) in [4.78, 5) is 14.1. The van der Waals surface area contributed by atoms with E-state index >= 15 is 0 Å². The molecule has 0 amide bonds. The van der Waals surface area contributed by atoms with E-state index in [1.165, 1.54) is 6.08 Å². The van der Waals surface area contributed by atoms with E-state index in [2.05, 4.69) is 4.99 Å². The predicted octanol–water partition coefficient (Wildman–Crippen LogP) is 1.19. The Balaban J connectivity index is 2.68. The van der Waals surface area contributed by atoms with E-state index < -0.39 is 5.97 Å². The van der Waals surface area contributed by atoms with E-state index in [1.54, 1.807) is 12.3 Å². The minimum Gasteiger partial charge on any atom is -0.478 e. The fourth-order valence-electron chi connectivity index (χ4n) is 0.783. The summed E-state index contributed by atoms with van der Waals surface area (Å²) >= 11 is 0. The van der Waals surface area contributed by atoms with Crippen molar-refractivity contribution in [1.82, 2.24) is 0 Å². The third-order valence-corrected chi connectivity index (χ3v) is 1.31. The molecule has 0 radical (unpaired) electrons. The van der Waals surface area contributed by atoms with Gasteiger partial charge in [0.1, 0.15) is 0 Å². The van der Waals surface area contributed by atoms with Crippen LogP contribution < -0.4 is 0 Å². The van der Waals surface area contributed by atoms with Crippen LogP contribution in [0.15, 0.2) is 40.9 Å². The molecular formula is C9H9NO2. The first kappa shape index (κ1) is 8.46. The second kappa shape index (κ2) is 4.28. The van der Waals surface area contributed by atoms with Crippen LogP contribution in [0.25, 0.3) is 0 Å². The number of hydrogen-bond acceptors (Lipinski definition) is 2. The van der Waals surface area contributed by atoms with Crippen molar-refractivity contribution in [3.8, 4) is 0 Å². The largest absolute Gasteiger partial charge is 0.478 e. The summed E-state index contributed by atoms with van der Waals surface area (Å²) in [5.41, 5.74) is 0.846. The molecule has 0 bridgehead atoms. The number of rotatable bonds is 2. The van der Waals surface area contributed by atoms with Crippen molar-refractivity contribution in [3.63, 3.8) is 0 Å². The topological polar surface area (TPSA) is 49.7 Å². The molecule has 3 heteroatoms. The summed E-state index contributed by atoms with van der Waals surface area (Å²) in [6.45, 7) is 0.654. The lowest BCUT2D eigenvalue weighted by Crippen LogP contribution is -1.86. The van der Waals surface area contributed by atoms with Gasteiger partial charge in [-0.05, 0) is 17.7 Å². The average Bonchev–Trinajstić information content (AvgIpc) is 2.28. The lowest BCUT2D eigenvalue weighted by atomic mass is 10.2. The molecule has 1 aliphatic rings. The van der Waals surface area contributed by atoms with Crippen LogP contribution >= 0.6 is 0 Å². The van der Waals surface area contributed by atoms with Crippen molar-refractivity contribution in [2.75, 3.05) is 6.54 Å². The molecule has 3 nitrogen and oxygen atoms in total. The minimum atomic E-state index is -0.939. The molecule has 0 aromatic carbocycles. The quantitative estimate of drug-likeness (QED) is 0.622. The number of carboxylic acids is 1. The fraction of sp³-hybridized carbons (Fsp3) is 0.111. The molecule has 0 fully saturated rings. The first-order valence-electron chi connectivity index (χ1n) is 3.57. The number of allylic oxidation sites excluding steroid dienone is 4. The molecule has 0 aromatic rings. The van der Waals surface area contributed by atoms with Gasteiger partial charge in [0.05, 0.1) is 6.54 Å². The Morgan fingerprint density at radius 3 is 3.25 bits per heavy atom. The summed E-state index contributed by atoms with van der Waals surface area (Å²) in [6.07, 6.45) is 9.80. The molecule has 0 saturated carbocycles. The Labute approximate surface area is 70.4 Å². The van der Waals surface area contributed by atoms with Crippen molar-refractivity contribution < 1.29 is 9.90 Å². The lowest BCUT2D eigenvalue weighted by Gasteiger charge is -1.86. The Hall–Kier alpha value is -1.64. The van der Waals surface area contributed by atoms with Crippen LogP contribution in [0.5, 0.6) is 0 Å². The molecule has 1 rings (SSSR count). The van der Waals surface area contributed by atoms with Gasteiger partial charge in [0.25, 0.3) is 0 Å². The Kier molecular flexibility index (Phi) is 3.02. The standard InChI is InChI=1S/C9H9NO2/c11-9(12)4-3-8-2-1-6-10-7-5-8/h1-5,7H,6H2,(H,11,12)/b4-3+. The first-order chi connectivity index (χ1) is 5.79. The maximum atomic E-state index is 10.2. The monoisotopic (exact) mass is 163 g/mol. The fourth-order valence-corrected chi connectivity index (χ4v) is 0.783. The van der Waals surface area contributed by atoms with Gasteiger partial charge >= 0.3 is 5.97 Å². The number of carboxylic acid groups (broad SMARTS) is 1. The molecule has 62 valence electrons. The Morgan fingerprint density at radius 2 is 2.50 bits per heavy atom. The molecule has 0 saturated heterocycles.